The minimum Gasteiger partial charge on any atom is -0.395 e. The van der Waals surface area contributed by atoms with Gasteiger partial charge in [0.2, 0.25) is 0 Å². The van der Waals surface area contributed by atoms with E-state index < -0.39 is 0 Å². The van der Waals surface area contributed by atoms with Gasteiger partial charge in [0, 0.05) is 18.0 Å². The van der Waals surface area contributed by atoms with Gasteiger partial charge in [0.15, 0.2) is 0 Å². The lowest BCUT2D eigenvalue weighted by molar-refractivity contribution is 0.0323. The van der Waals surface area contributed by atoms with Crippen molar-refractivity contribution >= 4 is 21.6 Å². The molecule has 120 valence electrons. The van der Waals surface area contributed by atoms with Gasteiger partial charge in [-0.15, -0.1) is 11.3 Å². The van der Waals surface area contributed by atoms with Crippen LogP contribution in [0.5, 0.6) is 0 Å². The highest BCUT2D eigenvalue weighted by Crippen LogP contribution is 2.26. The van der Waals surface area contributed by atoms with Gasteiger partial charge in [0.05, 0.1) is 38.3 Å². The Morgan fingerprint density at radius 2 is 2.05 bits per heavy atom. The number of ether oxygens (including phenoxy) is 1. The summed E-state index contributed by atoms with van der Waals surface area (Å²) in [5.41, 5.74) is 0.964. The Balaban J connectivity index is 2.07. The summed E-state index contributed by atoms with van der Waals surface area (Å²) in [5, 5.41) is 10.00. The van der Waals surface area contributed by atoms with Crippen molar-refractivity contribution in [1.82, 2.24) is 14.5 Å². The van der Waals surface area contributed by atoms with Gasteiger partial charge in [0.25, 0.3) is 5.56 Å². The third-order valence-corrected chi connectivity index (χ3v) is 5.26. The Morgan fingerprint density at radius 3 is 2.73 bits per heavy atom. The van der Waals surface area contributed by atoms with Gasteiger partial charge in [0.1, 0.15) is 10.7 Å². The van der Waals surface area contributed by atoms with Crippen LogP contribution in [0.2, 0.25) is 0 Å². The quantitative estimate of drug-likeness (QED) is 0.905. The number of rotatable bonds is 4. The number of aryl methyl sites for hydroxylation is 2. The number of hydrogen-bond acceptors (Lipinski definition) is 6. The molecule has 1 N–H and O–H groups in total. The zero-order valence-corrected chi connectivity index (χ0v) is 13.8. The smallest absolute Gasteiger partial charge is 0.262 e. The fraction of sp³-hybridized carbons (Fsp3) is 0.600. The molecule has 22 heavy (non-hydrogen) atoms. The second-order valence-corrected chi connectivity index (χ2v) is 6.76. The monoisotopic (exact) mass is 323 g/mol. The molecule has 0 radical (unpaired) electrons. The Morgan fingerprint density at radius 1 is 1.32 bits per heavy atom. The summed E-state index contributed by atoms with van der Waals surface area (Å²) in [6.07, 6.45) is 0. The third-order valence-electron chi connectivity index (χ3n) is 4.16. The summed E-state index contributed by atoms with van der Waals surface area (Å²) in [6.45, 7) is 7.92. The molecule has 0 saturated carbocycles. The van der Waals surface area contributed by atoms with Gasteiger partial charge < -0.3 is 9.84 Å². The Bertz CT molecular complexity index is 732. The topological polar surface area (TPSA) is 67.6 Å². The standard InChI is InChI=1S/C15H21N3O3S/c1-10-11(2)22-14-13(10)15(20)18(3-6-19)12(16-14)9-17-4-7-21-8-5-17/h19H,3-9H2,1-2H3. The van der Waals surface area contributed by atoms with E-state index in [-0.39, 0.29) is 18.7 Å². The third kappa shape index (κ3) is 2.81. The predicted molar refractivity (Wildman–Crippen MR) is 86.5 cm³/mol. The highest BCUT2D eigenvalue weighted by molar-refractivity contribution is 7.18. The van der Waals surface area contributed by atoms with Gasteiger partial charge in [-0.05, 0) is 19.4 Å². The number of aliphatic hydroxyl groups excluding tert-OH is 1. The molecule has 0 bridgehead atoms. The number of thiophene rings is 1. The average molecular weight is 323 g/mol. The summed E-state index contributed by atoms with van der Waals surface area (Å²) in [6, 6.07) is 0. The molecule has 0 aromatic carbocycles. The van der Waals surface area contributed by atoms with E-state index in [0.717, 1.165) is 34.2 Å². The van der Waals surface area contributed by atoms with Gasteiger partial charge in [-0.2, -0.15) is 0 Å². The highest BCUT2D eigenvalue weighted by atomic mass is 32.1. The normalized spacial score (nSPS) is 16.5. The molecule has 1 fully saturated rings. The maximum atomic E-state index is 12.8. The summed E-state index contributed by atoms with van der Waals surface area (Å²) >= 11 is 1.57. The number of hydrogen-bond donors (Lipinski definition) is 1. The predicted octanol–water partition coefficient (Wildman–Crippen LogP) is 0.899. The molecule has 1 saturated heterocycles. The van der Waals surface area contributed by atoms with Crippen molar-refractivity contribution in [3.8, 4) is 0 Å². The SMILES string of the molecule is Cc1sc2nc(CN3CCOCC3)n(CCO)c(=O)c2c1C. The van der Waals surface area contributed by atoms with Crippen molar-refractivity contribution in [2.24, 2.45) is 0 Å². The minimum absolute atomic E-state index is 0.0378. The fourth-order valence-electron chi connectivity index (χ4n) is 2.78. The van der Waals surface area contributed by atoms with Crippen LogP contribution in [0, 0.1) is 13.8 Å². The van der Waals surface area contributed by atoms with Crippen molar-refractivity contribution < 1.29 is 9.84 Å². The van der Waals surface area contributed by atoms with Crippen LogP contribution in [0.25, 0.3) is 10.2 Å². The molecular formula is C15H21N3O3S. The molecule has 0 atom stereocenters. The number of nitrogens with zero attached hydrogens (tertiary/aromatic N) is 3. The zero-order valence-electron chi connectivity index (χ0n) is 13.0. The van der Waals surface area contributed by atoms with Crippen LogP contribution in [0.3, 0.4) is 0 Å². The lowest BCUT2D eigenvalue weighted by Crippen LogP contribution is -2.38. The van der Waals surface area contributed by atoms with E-state index in [2.05, 4.69) is 4.90 Å². The molecule has 2 aromatic heterocycles. The number of aliphatic hydroxyl groups is 1. The van der Waals surface area contributed by atoms with E-state index in [1.165, 1.54) is 0 Å². The molecule has 2 aromatic rings. The molecular weight excluding hydrogens is 302 g/mol. The van der Waals surface area contributed by atoms with E-state index in [1.807, 2.05) is 13.8 Å². The first-order valence-corrected chi connectivity index (χ1v) is 8.34. The maximum Gasteiger partial charge on any atom is 0.262 e. The van der Waals surface area contributed by atoms with Gasteiger partial charge in [-0.25, -0.2) is 4.98 Å². The van der Waals surface area contributed by atoms with Crippen LogP contribution in [-0.4, -0.2) is 52.5 Å². The van der Waals surface area contributed by atoms with Crippen LogP contribution in [0.15, 0.2) is 4.79 Å². The summed E-state index contributed by atoms with van der Waals surface area (Å²) in [7, 11) is 0. The van der Waals surface area contributed by atoms with Crippen molar-refractivity contribution in [1.29, 1.82) is 0 Å². The highest BCUT2D eigenvalue weighted by Gasteiger charge is 2.19. The largest absolute Gasteiger partial charge is 0.395 e. The molecule has 0 spiro atoms. The lowest BCUT2D eigenvalue weighted by Gasteiger charge is -2.27. The fourth-order valence-corrected chi connectivity index (χ4v) is 3.82. The van der Waals surface area contributed by atoms with Crippen LogP contribution < -0.4 is 5.56 Å². The van der Waals surface area contributed by atoms with E-state index >= 15 is 0 Å². The van der Waals surface area contributed by atoms with E-state index in [1.54, 1.807) is 15.9 Å². The molecule has 0 unspecified atom stereocenters. The molecule has 7 heteroatoms. The van der Waals surface area contributed by atoms with Crippen molar-refractivity contribution in [3.63, 3.8) is 0 Å². The Kier molecular flexibility index (Phi) is 4.58. The second-order valence-electron chi connectivity index (χ2n) is 5.56. The number of aromatic nitrogens is 2. The molecule has 3 rings (SSSR count). The maximum absolute atomic E-state index is 12.8. The summed E-state index contributed by atoms with van der Waals surface area (Å²) < 4.78 is 6.98. The summed E-state index contributed by atoms with van der Waals surface area (Å²) in [5.74, 6) is 0.731. The Hall–Kier alpha value is -1.28. The average Bonchev–Trinajstić information content (AvgIpc) is 2.79. The van der Waals surface area contributed by atoms with Crippen molar-refractivity contribution in [3.05, 3.63) is 26.6 Å². The molecule has 0 aliphatic carbocycles. The van der Waals surface area contributed by atoms with E-state index in [0.29, 0.717) is 25.1 Å². The summed E-state index contributed by atoms with van der Waals surface area (Å²) in [4.78, 5) is 21.7. The zero-order chi connectivity index (χ0) is 15.7. The van der Waals surface area contributed by atoms with Crippen molar-refractivity contribution in [2.45, 2.75) is 26.9 Å². The molecule has 6 nitrogen and oxygen atoms in total. The first-order valence-electron chi connectivity index (χ1n) is 7.52. The van der Waals surface area contributed by atoms with Crippen molar-refractivity contribution in [2.75, 3.05) is 32.9 Å². The lowest BCUT2D eigenvalue weighted by atomic mass is 10.2. The molecule has 1 aliphatic heterocycles. The first kappa shape index (κ1) is 15.6. The molecule has 1 aliphatic rings. The Labute approximate surface area is 133 Å². The second kappa shape index (κ2) is 6.45. The van der Waals surface area contributed by atoms with Crippen LogP contribution in [0.4, 0.5) is 0 Å². The molecule has 3 heterocycles. The van der Waals surface area contributed by atoms with Gasteiger partial charge in [-0.3, -0.25) is 14.3 Å². The van der Waals surface area contributed by atoms with Crippen LogP contribution >= 0.6 is 11.3 Å². The van der Waals surface area contributed by atoms with E-state index in [9.17, 15) is 9.90 Å². The first-order chi connectivity index (χ1) is 10.6. The molecule has 0 amide bonds. The number of fused-ring (bicyclic) bond motifs is 1. The van der Waals surface area contributed by atoms with Crippen LogP contribution in [-0.2, 0) is 17.8 Å². The minimum atomic E-state index is -0.0641. The van der Waals surface area contributed by atoms with E-state index in [4.69, 9.17) is 9.72 Å². The van der Waals surface area contributed by atoms with Crippen LogP contribution in [0.1, 0.15) is 16.3 Å². The number of morpholine rings is 1. The van der Waals surface area contributed by atoms with Gasteiger partial charge in [-0.1, -0.05) is 0 Å². The van der Waals surface area contributed by atoms with Gasteiger partial charge >= 0.3 is 0 Å².